The van der Waals surface area contributed by atoms with Gasteiger partial charge in [0, 0.05) is 6.92 Å². The van der Waals surface area contributed by atoms with Gasteiger partial charge in [-0.3, -0.25) is 4.79 Å². The Kier molecular flexibility index (Phi) is 7.67. The van der Waals surface area contributed by atoms with Gasteiger partial charge in [-0.15, -0.1) is 0 Å². The molecule has 0 spiro atoms. The van der Waals surface area contributed by atoms with Gasteiger partial charge in [0.15, 0.2) is 0 Å². The molecule has 2 aromatic rings. The first-order chi connectivity index (χ1) is 14.4. The predicted molar refractivity (Wildman–Crippen MR) is 114 cm³/mol. The van der Waals surface area contributed by atoms with E-state index in [2.05, 4.69) is 5.32 Å². The van der Waals surface area contributed by atoms with Crippen molar-refractivity contribution in [2.75, 3.05) is 6.54 Å². The van der Waals surface area contributed by atoms with Crippen molar-refractivity contribution < 1.29 is 31.7 Å². The largest absolute Gasteiger partial charge is 0.456 e. The molecule has 0 aliphatic heterocycles. The number of hydrogen-bond donors (Lipinski definition) is 1. The topological polar surface area (TPSA) is 108 Å². The molecule has 0 bridgehead atoms. The van der Waals surface area contributed by atoms with Crippen LogP contribution in [0.15, 0.2) is 53.4 Å². The summed E-state index contributed by atoms with van der Waals surface area (Å²) >= 11 is 0. The zero-order chi connectivity index (χ0) is 23.2. The summed E-state index contributed by atoms with van der Waals surface area (Å²) in [6, 6.07) is 12.3. The average molecular weight is 450 g/mol. The van der Waals surface area contributed by atoms with E-state index < -0.39 is 33.9 Å². The van der Waals surface area contributed by atoms with E-state index in [1.165, 1.54) is 31.2 Å². The maximum atomic E-state index is 12.4. The van der Waals surface area contributed by atoms with Crippen LogP contribution in [0.25, 0.3) is 0 Å². The van der Waals surface area contributed by atoms with E-state index in [0.29, 0.717) is 5.56 Å². The number of hydrogen-bond acceptors (Lipinski definition) is 7. The van der Waals surface area contributed by atoms with E-state index in [0.717, 1.165) is 5.56 Å². The van der Waals surface area contributed by atoms with Crippen molar-refractivity contribution in [3.05, 3.63) is 59.7 Å². The predicted octanol–water partition coefficient (Wildman–Crippen LogP) is 3.89. The summed E-state index contributed by atoms with van der Waals surface area (Å²) in [5.41, 5.74) is 0.814. The number of amides is 1. The van der Waals surface area contributed by atoms with Crippen LogP contribution in [0, 0.1) is 6.92 Å². The first-order valence-electron chi connectivity index (χ1n) is 9.61. The van der Waals surface area contributed by atoms with Gasteiger partial charge < -0.3 is 19.0 Å². The first-order valence-corrected chi connectivity index (χ1v) is 11.0. The third-order valence-corrected chi connectivity index (χ3v) is 5.17. The Morgan fingerprint density at radius 3 is 2.10 bits per heavy atom. The molecular weight excluding hydrogens is 422 g/mol. The van der Waals surface area contributed by atoms with Crippen LogP contribution in [0.1, 0.15) is 44.9 Å². The molecule has 9 heteroatoms. The van der Waals surface area contributed by atoms with Crippen molar-refractivity contribution in [3.8, 4) is 5.75 Å². The molecule has 0 saturated carbocycles. The highest BCUT2D eigenvalue weighted by Gasteiger charge is 2.21. The van der Waals surface area contributed by atoms with Crippen molar-refractivity contribution in [3.63, 3.8) is 0 Å². The van der Waals surface area contributed by atoms with Gasteiger partial charge in [0.25, 0.3) is 0 Å². The minimum atomic E-state index is -3.98. The van der Waals surface area contributed by atoms with Crippen LogP contribution < -0.4 is 9.50 Å². The number of esters is 1. The lowest BCUT2D eigenvalue weighted by atomic mass is 10.1. The van der Waals surface area contributed by atoms with Crippen molar-refractivity contribution in [2.45, 2.75) is 51.2 Å². The average Bonchev–Trinajstić information content (AvgIpc) is 2.64. The highest BCUT2D eigenvalue weighted by molar-refractivity contribution is 7.87. The fourth-order valence-corrected chi connectivity index (χ4v) is 3.47. The van der Waals surface area contributed by atoms with E-state index in [1.807, 2.05) is 6.92 Å². The second-order valence-corrected chi connectivity index (χ2v) is 9.45. The molecule has 31 heavy (non-hydrogen) atoms. The standard InChI is InChI=1S/C22H27NO7S/c1-15-6-12-19(13-7-15)31(26,27)30-18-10-8-17(9-11-18)20(28-16(2)24)14-23-21(25)29-22(3,4)5/h6-13,20H,14H2,1-5H3,(H,23,25). The summed E-state index contributed by atoms with van der Waals surface area (Å²) < 4.78 is 40.4. The van der Waals surface area contributed by atoms with Gasteiger partial charge >= 0.3 is 22.2 Å². The van der Waals surface area contributed by atoms with Crippen LogP contribution in [-0.4, -0.2) is 32.6 Å². The summed E-state index contributed by atoms with van der Waals surface area (Å²) in [7, 11) is -3.98. The maximum Gasteiger partial charge on any atom is 0.407 e. The van der Waals surface area contributed by atoms with Gasteiger partial charge in [-0.2, -0.15) is 8.42 Å². The maximum absolute atomic E-state index is 12.4. The number of nitrogens with one attached hydrogen (secondary N) is 1. The van der Waals surface area contributed by atoms with Crippen molar-refractivity contribution in [1.82, 2.24) is 5.32 Å². The highest BCUT2D eigenvalue weighted by Crippen LogP contribution is 2.24. The normalized spacial score (nSPS) is 12.5. The molecule has 0 radical (unpaired) electrons. The zero-order valence-corrected chi connectivity index (χ0v) is 19.0. The third-order valence-electron chi connectivity index (χ3n) is 3.91. The lowest BCUT2D eigenvalue weighted by molar-refractivity contribution is -0.146. The van der Waals surface area contributed by atoms with Crippen LogP contribution in [0.2, 0.25) is 0 Å². The molecule has 1 amide bonds. The molecule has 0 saturated heterocycles. The molecular formula is C22H27NO7S. The monoisotopic (exact) mass is 449 g/mol. The molecule has 0 heterocycles. The molecule has 2 rings (SSSR count). The van der Waals surface area contributed by atoms with Gasteiger partial charge in [-0.05, 0) is 57.5 Å². The Balaban J connectivity index is 2.10. The lowest BCUT2D eigenvalue weighted by Crippen LogP contribution is -2.35. The van der Waals surface area contributed by atoms with Crippen molar-refractivity contribution in [1.29, 1.82) is 0 Å². The number of carbonyl (C=O) groups excluding carboxylic acids is 2. The minimum absolute atomic E-state index is 0.0175. The Morgan fingerprint density at radius 1 is 1.00 bits per heavy atom. The molecule has 2 aromatic carbocycles. The van der Waals surface area contributed by atoms with Crippen molar-refractivity contribution >= 4 is 22.2 Å². The number of alkyl carbamates (subject to hydrolysis) is 1. The summed E-state index contributed by atoms with van der Waals surface area (Å²) in [6.07, 6.45) is -1.43. The molecule has 1 unspecified atom stereocenters. The second kappa shape index (κ2) is 9.82. The Hall–Kier alpha value is -3.07. The molecule has 0 aromatic heterocycles. The van der Waals surface area contributed by atoms with Gasteiger partial charge in [0.2, 0.25) is 0 Å². The molecule has 0 aliphatic rings. The molecule has 1 atom stereocenters. The molecule has 0 fully saturated rings. The number of ether oxygens (including phenoxy) is 2. The summed E-state index contributed by atoms with van der Waals surface area (Å²) in [6.45, 7) is 8.30. The number of carbonyl (C=O) groups is 2. The van der Waals surface area contributed by atoms with E-state index in [4.69, 9.17) is 13.7 Å². The minimum Gasteiger partial charge on any atom is -0.456 e. The van der Waals surface area contributed by atoms with Gasteiger partial charge in [-0.1, -0.05) is 29.8 Å². The van der Waals surface area contributed by atoms with Crippen LogP contribution in [0.3, 0.4) is 0 Å². The van der Waals surface area contributed by atoms with Crippen LogP contribution >= 0.6 is 0 Å². The highest BCUT2D eigenvalue weighted by atomic mass is 32.2. The molecule has 0 aliphatic carbocycles. The quantitative estimate of drug-likeness (QED) is 0.505. The molecule has 168 valence electrons. The van der Waals surface area contributed by atoms with Gasteiger partial charge in [0.1, 0.15) is 22.4 Å². The summed E-state index contributed by atoms with van der Waals surface area (Å²) in [4.78, 5) is 23.4. The van der Waals surface area contributed by atoms with Crippen LogP contribution in [-0.2, 0) is 24.4 Å². The van der Waals surface area contributed by atoms with E-state index in [1.54, 1.807) is 45.0 Å². The lowest BCUT2D eigenvalue weighted by Gasteiger charge is -2.22. The summed E-state index contributed by atoms with van der Waals surface area (Å²) in [5, 5.41) is 2.56. The fraction of sp³-hybridized carbons (Fsp3) is 0.364. The smallest absolute Gasteiger partial charge is 0.407 e. The number of benzene rings is 2. The van der Waals surface area contributed by atoms with Gasteiger partial charge in [-0.25, -0.2) is 4.79 Å². The second-order valence-electron chi connectivity index (χ2n) is 7.90. The van der Waals surface area contributed by atoms with Crippen molar-refractivity contribution in [2.24, 2.45) is 0 Å². The SMILES string of the molecule is CC(=O)OC(CNC(=O)OC(C)(C)C)c1ccc(OS(=O)(=O)c2ccc(C)cc2)cc1. The van der Waals surface area contributed by atoms with E-state index in [-0.39, 0.29) is 17.2 Å². The third kappa shape index (κ3) is 7.93. The fourth-order valence-electron chi connectivity index (χ4n) is 2.54. The summed E-state index contributed by atoms with van der Waals surface area (Å²) in [5.74, 6) is -0.427. The van der Waals surface area contributed by atoms with E-state index >= 15 is 0 Å². The molecule has 1 N–H and O–H groups in total. The Bertz CT molecular complexity index is 1010. The zero-order valence-electron chi connectivity index (χ0n) is 18.2. The number of aryl methyl sites for hydroxylation is 1. The van der Waals surface area contributed by atoms with Crippen LogP contribution in [0.5, 0.6) is 5.75 Å². The molecule has 8 nitrogen and oxygen atoms in total. The van der Waals surface area contributed by atoms with Crippen LogP contribution in [0.4, 0.5) is 4.79 Å². The Morgan fingerprint density at radius 2 is 1.58 bits per heavy atom. The van der Waals surface area contributed by atoms with Gasteiger partial charge in [0.05, 0.1) is 6.54 Å². The Labute approximate surface area is 182 Å². The number of rotatable bonds is 7. The first kappa shape index (κ1) is 24.2. The van der Waals surface area contributed by atoms with E-state index in [9.17, 15) is 18.0 Å².